The van der Waals surface area contributed by atoms with E-state index in [9.17, 15) is 9.18 Å². The predicted molar refractivity (Wildman–Crippen MR) is 92.9 cm³/mol. The first kappa shape index (κ1) is 16.6. The average molecular weight is 330 g/mol. The second kappa shape index (κ2) is 7.01. The summed E-state index contributed by atoms with van der Waals surface area (Å²) in [5, 5.41) is 9.07. The molecular weight excluding hydrogens is 305 g/mol. The van der Waals surface area contributed by atoms with Crippen molar-refractivity contribution in [3.05, 3.63) is 69.5 Å². The molecule has 0 bridgehead atoms. The molecule has 2 rings (SSSR count). The topological polar surface area (TPSA) is 63.3 Å². The zero-order chi connectivity index (χ0) is 16.3. The standard InChI is InChI=1S/C17H17ClFNO2.4H2/c1-2-14(20)12-7-8-13(18)15(16(12)19)17(22)11-5-3-10(9-21)4-6-11;;;;/h3-8,14,21H,2,9,20H2,1H3;4*1H/t14-;;;;/m1..../s1. The maximum absolute atomic E-state index is 14.6. The van der Waals surface area contributed by atoms with Gasteiger partial charge in [-0.3, -0.25) is 4.79 Å². The molecule has 1 atom stereocenters. The van der Waals surface area contributed by atoms with Crippen molar-refractivity contribution in [2.75, 3.05) is 0 Å². The molecule has 0 aliphatic heterocycles. The van der Waals surface area contributed by atoms with Gasteiger partial charge in [0, 0.05) is 22.9 Å². The monoisotopic (exact) mass is 329 g/mol. The summed E-state index contributed by atoms with van der Waals surface area (Å²) >= 11 is 6.01. The summed E-state index contributed by atoms with van der Waals surface area (Å²) in [6, 6.07) is 8.82. The van der Waals surface area contributed by atoms with Gasteiger partial charge in [-0.15, -0.1) is 0 Å². The summed E-state index contributed by atoms with van der Waals surface area (Å²) in [6.07, 6.45) is 0.553. The van der Waals surface area contributed by atoms with Crippen molar-refractivity contribution in [2.45, 2.75) is 26.0 Å². The van der Waals surface area contributed by atoms with Gasteiger partial charge in [-0.2, -0.15) is 0 Å². The van der Waals surface area contributed by atoms with E-state index in [4.69, 9.17) is 22.4 Å². The van der Waals surface area contributed by atoms with E-state index in [1.54, 1.807) is 12.1 Å². The van der Waals surface area contributed by atoms with Gasteiger partial charge in [-0.05, 0) is 18.1 Å². The van der Waals surface area contributed by atoms with Crippen LogP contribution in [0.3, 0.4) is 0 Å². The summed E-state index contributed by atoms with van der Waals surface area (Å²) in [5.41, 5.74) is 6.96. The lowest BCUT2D eigenvalue weighted by atomic mass is 9.96. The molecule has 0 heterocycles. The molecule has 0 unspecified atom stereocenters. The van der Waals surface area contributed by atoms with Crippen molar-refractivity contribution >= 4 is 17.4 Å². The van der Waals surface area contributed by atoms with Gasteiger partial charge in [0.2, 0.25) is 0 Å². The van der Waals surface area contributed by atoms with Gasteiger partial charge in [0.15, 0.2) is 5.78 Å². The Labute approximate surface area is 139 Å². The fraction of sp³-hybridized carbons (Fsp3) is 0.235. The van der Waals surface area contributed by atoms with E-state index in [0.717, 1.165) is 0 Å². The summed E-state index contributed by atoms with van der Waals surface area (Å²) < 4.78 is 14.6. The molecule has 3 N–H and O–H groups in total. The molecule has 0 aliphatic carbocycles. The fourth-order valence-corrected chi connectivity index (χ4v) is 2.42. The second-order valence-corrected chi connectivity index (χ2v) is 5.43. The highest BCUT2D eigenvalue weighted by atomic mass is 35.5. The lowest BCUT2D eigenvalue weighted by Crippen LogP contribution is -2.14. The molecule has 124 valence electrons. The minimum atomic E-state index is -0.668. The van der Waals surface area contributed by atoms with E-state index in [0.29, 0.717) is 17.5 Å². The first-order chi connectivity index (χ1) is 10.5. The van der Waals surface area contributed by atoms with Crippen LogP contribution in [0, 0.1) is 5.82 Å². The van der Waals surface area contributed by atoms with Gasteiger partial charge < -0.3 is 10.8 Å². The molecular formula is C17H25ClFNO2. The first-order valence-corrected chi connectivity index (χ1v) is 7.35. The lowest BCUT2D eigenvalue weighted by molar-refractivity contribution is 0.103. The largest absolute Gasteiger partial charge is 0.392 e. The molecule has 2 aromatic carbocycles. The van der Waals surface area contributed by atoms with Crippen LogP contribution in [-0.2, 0) is 6.61 Å². The van der Waals surface area contributed by atoms with Crippen LogP contribution in [0.1, 0.15) is 52.1 Å². The zero-order valence-corrected chi connectivity index (χ0v) is 12.9. The fourth-order valence-electron chi connectivity index (χ4n) is 2.19. The molecule has 2 aromatic rings. The highest BCUT2D eigenvalue weighted by Crippen LogP contribution is 2.28. The number of benzene rings is 2. The van der Waals surface area contributed by atoms with Crippen LogP contribution in [0.25, 0.3) is 0 Å². The molecule has 0 saturated heterocycles. The van der Waals surface area contributed by atoms with Crippen molar-refractivity contribution < 1.29 is 20.0 Å². The van der Waals surface area contributed by atoms with Crippen molar-refractivity contribution in [2.24, 2.45) is 5.73 Å². The number of halogens is 2. The molecule has 0 aliphatic rings. The quantitative estimate of drug-likeness (QED) is 0.788. The highest BCUT2D eigenvalue weighted by molar-refractivity contribution is 6.35. The Morgan fingerprint density at radius 1 is 1.32 bits per heavy atom. The number of rotatable bonds is 5. The van der Waals surface area contributed by atoms with E-state index in [-0.39, 0.29) is 28.5 Å². The number of ketones is 1. The maximum atomic E-state index is 14.6. The van der Waals surface area contributed by atoms with E-state index >= 15 is 0 Å². The lowest BCUT2D eigenvalue weighted by Gasteiger charge is -2.14. The summed E-state index contributed by atoms with van der Waals surface area (Å²) in [6.45, 7) is 1.72. The summed E-state index contributed by atoms with van der Waals surface area (Å²) in [5.74, 6) is -1.17. The third-order valence-electron chi connectivity index (χ3n) is 3.59. The van der Waals surface area contributed by atoms with E-state index < -0.39 is 17.6 Å². The van der Waals surface area contributed by atoms with Crippen LogP contribution >= 0.6 is 11.6 Å². The molecule has 0 saturated carbocycles. The van der Waals surface area contributed by atoms with Gasteiger partial charge in [-0.1, -0.05) is 48.9 Å². The van der Waals surface area contributed by atoms with Crippen LogP contribution in [0.2, 0.25) is 5.02 Å². The Morgan fingerprint density at radius 3 is 2.50 bits per heavy atom. The van der Waals surface area contributed by atoms with Crippen LogP contribution in [0.15, 0.2) is 36.4 Å². The second-order valence-electron chi connectivity index (χ2n) is 5.02. The number of aliphatic hydroxyl groups is 1. The summed E-state index contributed by atoms with van der Waals surface area (Å²) in [7, 11) is 0. The molecule has 22 heavy (non-hydrogen) atoms. The van der Waals surface area contributed by atoms with E-state index in [1.807, 2.05) is 6.92 Å². The number of nitrogens with two attached hydrogens (primary N) is 1. The molecule has 0 radical (unpaired) electrons. The Hall–Kier alpha value is -1.75. The summed E-state index contributed by atoms with van der Waals surface area (Å²) in [4.78, 5) is 12.5. The van der Waals surface area contributed by atoms with E-state index in [1.165, 1.54) is 24.3 Å². The van der Waals surface area contributed by atoms with Gasteiger partial charge >= 0.3 is 0 Å². The minimum absolute atomic E-state index is 0. The average Bonchev–Trinajstić information content (AvgIpc) is 2.54. The molecule has 3 nitrogen and oxygen atoms in total. The highest BCUT2D eigenvalue weighted by Gasteiger charge is 2.22. The number of hydrogen-bond donors (Lipinski definition) is 2. The normalized spacial score (nSPS) is 12.2. The SMILES string of the molecule is CC[C@@H](N)c1ccc(Cl)c(C(=O)c2ccc(CO)cc2)c1F.[HH].[HH].[HH].[HH]. The van der Waals surface area contributed by atoms with Crippen LogP contribution < -0.4 is 5.73 Å². The first-order valence-electron chi connectivity index (χ1n) is 6.97. The van der Waals surface area contributed by atoms with Gasteiger partial charge in [0.25, 0.3) is 0 Å². The van der Waals surface area contributed by atoms with E-state index in [2.05, 4.69) is 0 Å². The van der Waals surface area contributed by atoms with Gasteiger partial charge in [-0.25, -0.2) is 4.39 Å². The van der Waals surface area contributed by atoms with Crippen LogP contribution in [-0.4, -0.2) is 10.9 Å². The Kier molecular flexibility index (Phi) is 5.29. The zero-order valence-electron chi connectivity index (χ0n) is 12.1. The molecule has 0 spiro atoms. The molecule has 0 amide bonds. The smallest absolute Gasteiger partial charge is 0.197 e. The number of hydrogen-bond acceptors (Lipinski definition) is 3. The number of aliphatic hydroxyl groups excluding tert-OH is 1. The van der Waals surface area contributed by atoms with Gasteiger partial charge in [0.05, 0.1) is 17.2 Å². The third-order valence-corrected chi connectivity index (χ3v) is 3.90. The van der Waals surface area contributed by atoms with Crippen molar-refractivity contribution in [1.82, 2.24) is 0 Å². The Morgan fingerprint density at radius 2 is 1.95 bits per heavy atom. The van der Waals surface area contributed by atoms with Crippen molar-refractivity contribution in [3.8, 4) is 0 Å². The number of carbonyl (C=O) groups is 1. The van der Waals surface area contributed by atoms with Crippen LogP contribution in [0.4, 0.5) is 4.39 Å². The van der Waals surface area contributed by atoms with Crippen molar-refractivity contribution in [1.29, 1.82) is 0 Å². The predicted octanol–water partition coefficient (Wildman–Crippen LogP) is 4.60. The molecule has 0 fully saturated rings. The molecule has 5 heteroatoms. The Bertz CT molecular complexity index is 702. The third kappa shape index (κ3) is 3.19. The number of carbonyl (C=O) groups excluding carboxylic acids is 1. The molecule has 0 aromatic heterocycles. The minimum Gasteiger partial charge on any atom is -0.392 e. The maximum Gasteiger partial charge on any atom is 0.197 e. The Balaban J connectivity index is -0.00000132. The van der Waals surface area contributed by atoms with Crippen molar-refractivity contribution in [3.63, 3.8) is 0 Å². The van der Waals surface area contributed by atoms with Crippen LogP contribution in [0.5, 0.6) is 0 Å². The van der Waals surface area contributed by atoms with Gasteiger partial charge in [0.1, 0.15) is 5.82 Å².